The number of carbonyl (C=O) groups excluding carboxylic acids is 2. The summed E-state index contributed by atoms with van der Waals surface area (Å²) in [6.45, 7) is 3.56. The third-order valence-corrected chi connectivity index (χ3v) is 4.87. The number of thiazole rings is 1. The van der Waals surface area contributed by atoms with Crippen molar-refractivity contribution in [2.75, 3.05) is 12.4 Å². The molecule has 6 heteroatoms. The van der Waals surface area contributed by atoms with E-state index in [0.29, 0.717) is 22.0 Å². The summed E-state index contributed by atoms with van der Waals surface area (Å²) >= 11 is 1.23. The summed E-state index contributed by atoms with van der Waals surface area (Å²) in [6, 6.07) is 0.300. The Bertz CT molecular complexity index is 507. The van der Waals surface area contributed by atoms with Crippen LogP contribution in [0.4, 0.5) is 5.13 Å². The van der Waals surface area contributed by atoms with Crippen molar-refractivity contribution in [3.05, 3.63) is 10.6 Å². The Labute approximate surface area is 122 Å². The van der Waals surface area contributed by atoms with E-state index < -0.39 is 5.97 Å². The Morgan fingerprint density at radius 3 is 2.60 bits per heavy atom. The number of ether oxygens (including phenoxy) is 1. The number of carbonyl (C=O) groups is 2. The molecule has 110 valence electrons. The molecule has 20 heavy (non-hydrogen) atoms. The van der Waals surface area contributed by atoms with Crippen molar-refractivity contribution in [2.24, 2.45) is 5.92 Å². The molecule has 0 aliphatic heterocycles. The fourth-order valence-electron chi connectivity index (χ4n) is 2.63. The molecule has 1 aliphatic rings. The van der Waals surface area contributed by atoms with E-state index in [4.69, 9.17) is 0 Å². The molecule has 1 aromatic heterocycles. The van der Waals surface area contributed by atoms with Gasteiger partial charge >= 0.3 is 5.97 Å². The van der Waals surface area contributed by atoms with Crippen LogP contribution >= 0.6 is 11.3 Å². The van der Waals surface area contributed by atoms with E-state index in [2.05, 4.69) is 22.0 Å². The average molecular weight is 296 g/mol. The van der Waals surface area contributed by atoms with E-state index in [1.54, 1.807) is 0 Å². The van der Waals surface area contributed by atoms with Crippen LogP contribution in [0.3, 0.4) is 0 Å². The first kappa shape index (κ1) is 15.0. The minimum atomic E-state index is -0.562. The summed E-state index contributed by atoms with van der Waals surface area (Å²) in [5, 5.41) is 3.95. The van der Waals surface area contributed by atoms with Crippen LogP contribution < -0.4 is 5.32 Å². The molecule has 1 fully saturated rings. The fourth-order valence-corrected chi connectivity index (χ4v) is 3.57. The molecule has 5 nitrogen and oxygen atoms in total. The third-order valence-electron chi connectivity index (χ3n) is 3.78. The molecule has 1 aliphatic carbocycles. The van der Waals surface area contributed by atoms with Crippen LogP contribution in [0.15, 0.2) is 0 Å². The van der Waals surface area contributed by atoms with Crippen molar-refractivity contribution in [2.45, 2.75) is 45.6 Å². The summed E-state index contributed by atoms with van der Waals surface area (Å²) in [5.41, 5.74) is 0.117. The lowest BCUT2D eigenvalue weighted by atomic mass is 10.0. The highest BCUT2D eigenvalue weighted by Gasteiger charge is 2.25. The highest BCUT2D eigenvalue weighted by molar-refractivity contribution is 7.17. The Morgan fingerprint density at radius 2 is 2.05 bits per heavy atom. The van der Waals surface area contributed by atoms with Crippen LogP contribution in [-0.2, 0) is 4.74 Å². The Kier molecular flexibility index (Phi) is 4.75. The van der Waals surface area contributed by atoms with Gasteiger partial charge in [-0.1, -0.05) is 24.2 Å². The molecule has 0 radical (unpaired) electrons. The number of rotatable bonds is 5. The second-order valence-corrected chi connectivity index (χ2v) is 6.22. The maximum Gasteiger partial charge on any atom is 0.358 e. The Balaban J connectivity index is 2.15. The third kappa shape index (κ3) is 3.17. The van der Waals surface area contributed by atoms with Crippen LogP contribution in [0, 0.1) is 5.92 Å². The lowest BCUT2D eigenvalue weighted by Crippen LogP contribution is -2.23. The zero-order valence-corrected chi connectivity index (χ0v) is 12.9. The molecule has 0 aromatic carbocycles. The molecule has 1 aromatic rings. The SMILES string of the molecule is COC(=O)c1nc(NC(C)C2CCCC2)sc1C(C)=O. The molecule has 0 spiro atoms. The zero-order chi connectivity index (χ0) is 14.7. The monoisotopic (exact) mass is 296 g/mol. The summed E-state index contributed by atoms with van der Waals surface area (Å²) in [7, 11) is 1.29. The van der Waals surface area contributed by atoms with E-state index >= 15 is 0 Å². The normalized spacial score (nSPS) is 16.9. The van der Waals surface area contributed by atoms with E-state index in [1.165, 1.54) is 51.1 Å². The number of Topliss-reactive ketones (excluding diaryl/α,β-unsaturated/α-hetero) is 1. The van der Waals surface area contributed by atoms with E-state index in [9.17, 15) is 9.59 Å². The van der Waals surface area contributed by atoms with Gasteiger partial charge in [0.05, 0.1) is 7.11 Å². The van der Waals surface area contributed by atoms with Crippen LogP contribution in [0.5, 0.6) is 0 Å². The van der Waals surface area contributed by atoms with Crippen LogP contribution in [-0.4, -0.2) is 29.9 Å². The second kappa shape index (κ2) is 6.35. The molecule has 1 N–H and O–H groups in total. The minimum Gasteiger partial charge on any atom is -0.464 e. The molecule has 2 rings (SSSR count). The van der Waals surface area contributed by atoms with Crippen molar-refractivity contribution >= 4 is 28.2 Å². The molecule has 0 saturated heterocycles. The van der Waals surface area contributed by atoms with Gasteiger partial charge in [-0.15, -0.1) is 0 Å². The Morgan fingerprint density at radius 1 is 1.40 bits per heavy atom. The molecular formula is C14H20N2O3S. The van der Waals surface area contributed by atoms with Gasteiger partial charge in [0.2, 0.25) is 0 Å². The molecule has 1 unspecified atom stereocenters. The smallest absolute Gasteiger partial charge is 0.358 e. The zero-order valence-electron chi connectivity index (χ0n) is 12.1. The van der Waals surface area contributed by atoms with Gasteiger partial charge in [-0.05, 0) is 25.7 Å². The number of hydrogen-bond donors (Lipinski definition) is 1. The molecule has 1 atom stereocenters. The van der Waals surface area contributed by atoms with Crippen molar-refractivity contribution in [3.63, 3.8) is 0 Å². The van der Waals surface area contributed by atoms with Gasteiger partial charge in [0, 0.05) is 13.0 Å². The van der Waals surface area contributed by atoms with Crippen LogP contribution in [0.2, 0.25) is 0 Å². The maximum atomic E-state index is 11.6. The quantitative estimate of drug-likeness (QED) is 0.668. The number of ketones is 1. The lowest BCUT2D eigenvalue weighted by Gasteiger charge is -2.19. The fraction of sp³-hybridized carbons (Fsp3) is 0.643. The predicted octanol–water partition coefficient (Wildman–Crippen LogP) is 3.12. The van der Waals surface area contributed by atoms with Crippen LogP contribution in [0.1, 0.15) is 59.7 Å². The molecule has 0 bridgehead atoms. The summed E-state index contributed by atoms with van der Waals surface area (Å²) in [5.74, 6) is -0.0845. The molecule has 1 saturated carbocycles. The van der Waals surface area contributed by atoms with Crippen molar-refractivity contribution < 1.29 is 14.3 Å². The number of anilines is 1. The number of nitrogens with one attached hydrogen (secondary N) is 1. The number of aromatic nitrogens is 1. The van der Waals surface area contributed by atoms with Crippen molar-refractivity contribution in [3.8, 4) is 0 Å². The number of esters is 1. The second-order valence-electron chi connectivity index (χ2n) is 5.22. The summed E-state index contributed by atoms with van der Waals surface area (Å²) < 4.78 is 4.67. The first-order valence-corrected chi connectivity index (χ1v) is 7.71. The van der Waals surface area contributed by atoms with Gasteiger partial charge in [0.15, 0.2) is 16.6 Å². The van der Waals surface area contributed by atoms with E-state index in [1.807, 2.05) is 0 Å². The minimum absolute atomic E-state index is 0.117. The highest BCUT2D eigenvalue weighted by Crippen LogP contribution is 2.31. The van der Waals surface area contributed by atoms with Gasteiger partial charge < -0.3 is 10.1 Å². The Hall–Kier alpha value is -1.43. The standard InChI is InChI=1S/C14H20N2O3S/c1-8(10-6-4-5-7-10)15-14-16-11(13(18)19-3)12(20-14)9(2)17/h8,10H,4-7H2,1-3H3,(H,15,16). The summed E-state index contributed by atoms with van der Waals surface area (Å²) in [6.07, 6.45) is 5.01. The van der Waals surface area contributed by atoms with Gasteiger partial charge in [0.1, 0.15) is 4.88 Å². The number of methoxy groups -OCH3 is 1. The average Bonchev–Trinajstić information content (AvgIpc) is 3.06. The number of hydrogen-bond acceptors (Lipinski definition) is 6. The first-order chi connectivity index (χ1) is 9.52. The largest absolute Gasteiger partial charge is 0.464 e. The molecular weight excluding hydrogens is 276 g/mol. The van der Waals surface area contributed by atoms with Gasteiger partial charge in [-0.3, -0.25) is 4.79 Å². The first-order valence-electron chi connectivity index (χ1n) is 6.89. The van der Waals surface area contributed by atoms with Gasteiger partial charge in [-0.25, -0.2) is 9.78 Å². The van der Waals surface area contributed by atoms with Crippen LogP contribution in [0.25, 0.3) is 0 Å². The molecule has 0 amide bonds. The maximum absolute atomic E-state index is 11.6. The van der Waals surface area contributed by atoms with Gasteiger partial charge in [0.25, 0.3) is 0 Å². The molecule has 1 heterocycles. The lowest BCUT2D eigenvalue weighted by molar-refractivity contribution is 0.0591. The topological polar surface area (TPSA) is 68.3 Å². The predicted molar refractivity (Wildman–Crippen MR) is 78.5 cm³/mol. The summed E-state index contributed by atoms with van der Waals surface area (Å²) in [4.78, 5) is 27.8. The highest BCUT2D eigenvalue weighted by atomic mass is 32.1. The van der Waals surface area contributed by atoms with Crippen molar-refractivity contribution in [1.29, 1.82) is 0 Å². The van der Waals surface area contributed by atoms with E-state index in [0.717, 1.165) is 0 Å². The van der Waals surface area contributed by atoms with E-state index in [-0.39, 0.29) is 11.5 Å². The van der Waals surface area contributed by atoms with Gasteiger partial charge in [-0.2, -0.15) is 0 Å². The van der Waals surface area contributed by atoms with Crippen molar-refractivity contribution in [1.82, 2.24) is 4.98 Å². The number of nitrogens with zero attached hydrogens (tertiary/aromatic N) is 1.